The van der Waals surface area contributed by atoms with Gasteiger partial charge in [-0.15, -0.1) is 0 Å². The minimum Gasteiger partial charge on any atom is -0.495 e. The number of rotatable bonds is 7. The minimum absolute atomic E-state index is 0.0371. The molecule has 146 valence electrons. The first-order valence-corrected chi connectivity index (χ1v) is 9.69. The van der Waals surface area contributed by atoms with Gasteiger partial charge in [-0.1, -0.05) is 6.07 Å². The maximum atomic E-state index is 12.3. The minimum atomic E-state index is 0.0371. The van der Waals surface area contributed by atoms with Crippen molar-refractivity contribution in [2.24, 2.45) is 5.92 Å². The lowest BCUT2D eigenvalue weighted by molar-refractivity contribution is -0.116. The molecule has 1 aliphatic rings. The Kier molecular flexibility index (Phi) is 6.50. The van der Waals surface area contributed by atoms with Crippen molar-refractivity contribution in [2.45, 2.75) is 39.7 Å². The number of methoxy groups -OCH3 is 1. The van der Waals surface area contributed by atoms with E-state index in [1.54, 1.807) is 7.11 Å². The maximum absolute atomic E-state index is 12.3. The topological polar surface area (TPSA) is 59.4 Å². The first-order chi connectivity index (χ1) is 13.0. The maximum Gasteiger partial charge on any atom is 0.225 e. The predicted octanol–water partition coefficient (Wildman–Crippen LogP) is 3.25. The van der Waals surface area contributed by atoms with E-state index in [0.29, 0.717) is 18.1 Å². The highest BCUT2D eigenvalue weighted by Crippen LogP contribution is 2.25. The number of ether oxygens (including phenoxy) is 1. The van der Waals surface area contributed by atoms with Crippen molar-refractivity contribution in [3.8, 4) is 5.75 Å². The number of carbonyl (C=O) groups is 1. The molecule has 0 aliphatic carbocycles. The number of aryl methyl sites for hydroxylation is 2. The average molecular weight is 370 g/mol. The van der Waals surface area contributed by atoms with Crippen molar-refractivity contribution in [3.63, 3.8) is 0 Å². The number of piperidine rings is 1. The highest BCUT2D eigenvalue weighted by Gasteiger charge is 2.20. The summed E-state index contributed by atoms with van der Waals surface area (Å²) in [5, 5.41) is 2.99. The summed E-state index contributed by atoms with van der Waals surface area (Å²) >= 11 is 0. The quantitative estimate of drug-likeness (QED) is 0.813. The normalized spacial score (nSPS) is 15.7. The molecule has 1 N–H and O–H groups in total. The standard InChI is InChI=1S/C21H30N4O2/c1-16-4-5-20(27-3)19(14-16)23-21(26)8-12-24-10-6-18(7-11-24)15-25-13-9-22-17(25)2/h4-5,9,13-14,18H,6-8,10-12,15H2,1-3H3,(H,23,26). The van der Waals surface area contributed by atoms with Gasteiger partial charge in [0.2, 0.25) is 5.91 Å². The van der Waals surface area contributed by atoms with E-state index in [1.165, 1.54) is 12.8 Å². The van der Waals surface area contributed by atoms with Crippen LogP contribution in [0.2, 0.25) is 0 Å². The number of likely N-dealkylation sites (tertiary alicyclic amines) is 1. The van der Waals surface area contributed by atoms with Gasteiger partial charge in [-0.05, 0) is 63.4 Å². The van der Waals surface area contributed by atoms with E-state index in [9.17, 15) is 4.79 Å². The molecule has 6 nitrogen and oxygen atoms in total. The van der Waals surface area contributed by atoms with Crippen molar-refractivity contribution >= 4 is 11.6 Å². The number of nitrogens with one attached hydrogen (secondary N) is 1. The van der Waals surface area contributed by atoms with Crippen LogP contribution in [0.3, 0.4) is 0 Å². The van der Waals surface area contributed by atoms with E-state index < -0.39 is 0 Å². The largest absolute Gasteiger partial charge is 0.495 e. The molecule has 1 aromatic carbocycles. The van der Waals surface area contributed by atoms with E-state index in [2.05, 4.69) is 32.9 Å². The molecule has 0 bridgehead atoms. The summed E-state index contributed by atoms with van der Waals surface area (Å²) < 4.78 is 7.57. The second kappa shape index (κ2) is 9.04. The van der Waals surface area contributed by atoms with Crippen LogP contribution in [0, 0.1) is 19.8 Å². The Hall–Kier alpha value is -2.34. The van der Waals surface area contributed by atoms with E-state index in [1.807, 2.05) is 31.3 Å². The highest BCUT2D eigenvalue weighted by atomic mass is 16.5. The van der Waals surface area contributed by atoms with Crippen LogP contribution in [-0.4, -0.2) is 47.1 Å². The molecule has 2 aromatic rings. The van der Waals surface area contributed by atoms with Crippen LogP contribution in [-0.2, 0) is 11.3 Å². The van der Waals surface area contributed by atoms with Gasteiger partial charge in [0.25, 0.3) is 0 Å². The molecule has 27 heavy (non-hydrogen) atoms. The molecule has 1 saturated heterocycles. The van der Waals surface area contributed by atoms with Gasteiger partial charge in [0, 0.05) is 31.9 Å². The van der Waals surface area contributed by atoms with Crippen LogP contribution >= 0.6 is 0 Å². The molecule has 1 aromatic heterocycles. The number of benzene rings is 1. The van der Waals surface area contributed by atoms with Gasteiger partial charge in [-0.3, -0.25) is 4.79 Å². The van der Waals surface area contributed by atoms with Crippen LogP contribution in [0.25, 0.3) is 0 Å². The fourth-order valence-corrected chi connectivity index (χ4v) is 3.66. The van der Waals surface area contributed by atoms with E-state index >= 15 is 0 Å². The van der Waals surface area contributed by atoms with Crippen LogP contribution < -0.4 is 10.1 Å². The third-order valence-corrected chi connectivity index (χ3v) is 5.37. The Bertz CT molecular complexity index is 763. The van der Waals surface area contributed by atoms with E-state index in [4.69, 9.17) is 4.74 Å². The van der Waals surface area contributed by atoms with Gasteiger partial charge in [0.1, 0.15) is 11.6 Å². The molecule has 0 spiro atoms. The highest BCUT2D eigenvalue weighted by molar-refractivity contribution is 5.92. The number of anilines is 1. The van der Waals surface area contributed by atoms with Crippen LogP contribution in [0.4, 0.5) is 5.69 Å². The summed E-state index contributed by atoms with van der Waals surface area (Å²) in [6.45, 7) is 8.02. The third-order valence-electron chi connectivity index (χ3n) is 5.37. The van der Waals surface area contributed by atoms with Crippen molar-refractivity contribution in [3.05, 3.63) is 42.0 Å². The molecule has 1 fully saturated rings. The Labute approximate surface area is 161 Å². The predicted molar refractivity (Wildman–Crippen MR) is 107 cm³/mol. The molecule has 0 radical (unpaired) electrons. The smallest absolute Gasteiger partial charge is 0.225 e. The zero-order valence-electron chi connectivity index (χ0n) is 16.6. The SMILES string of the molecule is COc1ccc(C)cc1NC(=O)CCN1CCC(Cn2ccnc2C)CC1. The van der Waals surface area contributed by atoms with E-state index in [-0.39, 0.29) is 5.91 Å². The molecule has 0 saturated carbocycles. The van der Waals surface area contributed by atoms with Crippen LogP contribution in [0.15, 0.2) is 30.6 Å². The Balaban J connectivity index is 1.41. The number of hydrogen-bond donors (Lipinski definition) is 1. The number of hydrogen-bond acceptors (Lipinski definition) is 4. The summed E-state index contributed by atoms with van der Waals surface area (Å²) in [6.07, 6.45) is 6.77. The first-order valence-electron chi connectivity index (χ1n) is 9.69. The number of aromatic nitrogens is 2. The number of amides is 1. The monoisotopic (exact) mass is 370 g/mol. The molecule has 1 amide bonds. The Morgan fingerprint density at radius 3 is 2.74 bits per heavy atom. The summed E-state index contributed by atoms with van der Waals surface area (Å²) in [6, 6.07) is 5.81. The number of imidazole rings is 1. The molecule has 2 heterocycles. The average Bonchev–Trinajstić information content (AvgIpc) is 3.06. The lowest BCUT2D eigenvalue weighted by atomic mass is 9.96. The van der Waals surface area contributed by atoms with Gasteiger partial charge in [-0.2, -0.15) is 0 Å². The summed E-state index contributed by atoms with van der Waals surface area (Å²) in [5.74, 6) is 2.51. The fraction of sp³-hybridized carbons (Fsp3) is 0.524. The van der Waals surface area contributed by atoms with Crippen LogP contribution in [0.1, 0.15) is 30.7 Å². The second-order valence-corrected chi connectivity index (χ2v) is 7.41. The lowest BCUT2D eigenvalue weighted by Crippen LogP contribution is -2.36. The summed E-state index contributed by atoms with van der Waals surface area (Å²) in [4.78, 5) is 19.0. The molecular formula is C21H30N4O2. The molecular weight excluding hydrogens is 340 g/mol. The molecule has 3 rings (SSSR count). The summed E-state index contributed by atoms with van der Waals surface area (Å²) in [7, 11) is 1.62. The summed E-state index contributed by atoms with van der Waals surface area (Å²) in [5.41, 5.74) is 1.85. The van der Waals surface area contributed by atoms with Crippen molar-refractivity contribution < 1.29 is 9.53 Å². The molecule has 1 aliphatic heterocycles. The molecule has 6 heteroatoms. The zero-order chi connectivity index (χ0) is 19.2. The zero-order valence-corrected chi connectivity index (χ0v) is 16.6. The van der Waals surface area contributed by atoms with E-state index in [0.717, 1.165) is 43.3 Å². The second-order valence-electron chi connectivity index (χ2n) is 7.41. The van der Waals surface area contributed by atoms with Gasteiger partial charge in [0.15, 0.2) is 0 Å². The van der Waals surface area contributed by atoms with Gasteiger partial charge in [-0.25, -0.2) is 4.98 Å². The number of nitrogens with zero attached hydrogens (tertiary/aromatic N) is 3. The van der Waals surface area contributed by atoms with Crippen molar-refractivity contribution in [1.29, 1.82) is 0 Å². The van der Waals surface area contributed by atoms with Gasteiger partial charge >= 0.3 is 0 Å². The lowest BCUT2D eigenvalue weighted by Gasteiger charge is -2.32. The third kappa shape index (κ3) is 5.32. The van der Waals surface area contributed by atoms with Crippen LogP contribution in [0.5, 0.6) is 5.75 Å². The van der Waals surface area contributed by atoms with Crippen molar-refractivity contribution in [1.82, 2.24) is 14.5 Å². The van der Waals surface area contributed by atoms with Crippen molar-refractivity contribution in [2.75, 3.05) is 32.1 Å². The Morgan fingerprint density at radius 2 is 2.07 bits per heavy atom. The number of carbonyl (C=O) groups excluding carboxylic acids is 1. The Morgan fingerprint density at radius 1 is 1.30 bits per heavy atom. The van der Waals surface area contributed by atoms with Gasteiger partial charge in [0.05, 0.1) is 12.8 Å². The molecule has 0 unspecified atom stereocenters. The fourth-order valence-electron chi connectivity index (χ4n) is 3.66. The first kappa shape index (κ1) is 19.4. The molecule has 0 atom stereocenters. The van der Waals surface area contributed by atoms with Gasteiger partial charge < -0.3 is 19.5 Å².